The van der Waals surface area contributed by atoms with Crippen LogP contribution in [0.3, 0.4) is 0 Å². The molecule has 0 spiro atoms. The summed E-state index contributed by atoms with van der Waals surface area (Å²) in [7, 11) is 0. The molecule has 1 aromatic carbocycles. The molecule has 31 heavy (non-hydrogen) atoms. The fourth-order valence-electron chi connectivity index (χ4n) is 5.21. The van der Waals surface area contributed by atoms with Gasteiger partial charge in [-0.1, -0.05) is 62.3 Å². The summed E-state index contributed by atoms with van der Waals surface area (Å²) in [6.45, 7) is 8.21. The highest BCUT2D eigenvalue weighted by Crippen LogP contribution is 2.48. The van der Waals surface area contributed by atoms with Gasteiger partial charge in [-0.2, -0.15) is 0 Å². The normalized spacial score (nSPS) is 26.4. The van der Waals surface area contributed by atoms with Crippen LogP contribution in [0.15, 0.2) is 54.1 Å². The van der Waals surface area contributed by atoms with Gasteiger partial charge in [-0.15, -0.1) is 0 Å². The van der Waals surface area contributed by atoms with Gasteiger partial charge >= 0.3 is 0 Å². The lowest BCUT2D eigenvalue weighted by Gasteiger charge is -2.19. The fraction of sp³-hybridized carbons (Fsp3) is 0.630. The summed E-state index contributed by atoms with van der Waals surface area (Å²) in [4.78, 5) is 2.50. The Labute approximate surface area is 188 Å². The standard InChI is InChI=1S/C27H41NO3/c1-3-28(4-2)16-10-6-7-11-21-17-22-19-27(30)25(26(22)18-21)15-14-23(29)20-31-24-12-8-5-9-13-24/h5,8-9,12-15,17,22-23,25-27,29-30H,3-4,6-7,10-11,16,18-20H2,1-2H3/t22-,23+,25+,26-,27+/m0/s1. The second-order valence-corrected chi connectivity index (χ2v) is 9.15. The van der Waals surface area contributed by atoms with Gasteiger partial charge in [0.15, 0.2) is 0 Å². The molecule has 0 aromatic heterocycles. The lowest BCUT2D eigenvalue weighted by atomic mass is 9.88. The van der Waals surface area contributed by atoms with Crippen molar-refractivity contribution in [2.75, 3.05) is 26.2 Å². The van der Waals surface area contributed by atoms with Crippen LogP contribution in [0.1, 0.15) is 52.4 Å². The maximum Gasteiger partial charge on any atom is 0.119 e. The van der Waals surface area contributed by atoms with E-state index in [-0.39, 0.29) is 18.6 Å². The summed E-state index contributed by atoms with van der Waals surface area (Å²) < 4.78 is 5.63. The van der Waals surface area contributed by atoms with E-state index in [1.54, 1.807) is 5.57 Å². The third-order valence-corrected chi connectivity index (χ3v) is 7.04. The first-order chi connectivity index (χ1) is 15.1. The highest BCUT2D eigenvalue weighted by molar-refractivity contribution is 5.22. The lowest BCUT2D eigenvalue weighted by Crippen LogP contribution is -2.23. The molecule has 1 fully saturated rings. The van der Waals surface area contributed by atoms with Gasteiger partial charge in [0, 0.05) is 5.92 Å². The van der Waals surface area contributed by atoms with Crippen molar-refractivity contribution in [3.8, 4) is 5.75 Å². The minimum atomic E-state index is -0.661. The fourth-order valence-corrected chi connectivity index (χ4v) is 5.21. The van der Waals surface area contributed by atoms with Gasteiger partial charge in [0.05, 0.1) is 6.10 Å². The van der Waals surface area contributed by atoms with Crippen LogP contribution in [-0.4, -0.2) is 53.6 Å². The molecular weight excluding hydrogens is 386 g/mol. The number of rotatable bonds is 13. The largest absolute Gasteiger partial charge is 0.491 e. The van der Waals surface area contributed by atoms with E-state index in [1.165, 1.54) is 32.2 Å². The quantitative estimate of drug-likeness (QED) is 0.350. The summed E-state index contributed by atoms with van der Waals surface area (Å²) in [5.41, 5.74) is 1.58. The smallest absolute Gasteiger partial charge is 0.119 e. The number of para-hydroxylation sites is 1. The molecule has 0 saturated heterocycles. The first-order valence-corrected chi connectivity index (χ1v) is 12.2. The topological polar surface area (TPSA) is 52.9 Å². The summed E-state index contributed by atoms with van der Waals surface area (Å²) >= 11 is 0. The summed E-state index contributed by atoms with van der Waals surface area (Å²) in [6.07, 6.45) is 12.3. The van der Waals surface area contributed by atoms with Gasteiger partial charge < -0.3 is 19.8 Å². The van der Waals surface area contributed by atoms with E-state index in [0.29, 0.717) is 11.8 Å². The predicted molar refractivity (Wildman–Crippen MR) is 127 cm³/mol. The molecule has 0 unspecified atom stereocenters. The number of hydrogen-bond acceptors (Lipinski definition) is 4. The Morgan fingerprint density at radius 1 is 1.13 bits per heavy atom. The second-order valence-electron chi connectivity index (χ2n) is 9.15. The average molecular weight is 428 g/mol. The molecule has 4 heteroatoms. The van der Waals surface area contributed by atoms with Gasteiger partial charge in [-0.25, -0.2) is 0 Å². The van der Waals surface area contributed by atoms with E-state index < -0.39 is 6.10 Å². The van der Waals surface area contributed by atoms with Crippen LogP contribution in [0, 0.1) is 17.8 Å². The molecule has 0 heterocycles. The third-order valence-electron chi connectivity index (χ3n) is 7.04. The van der Waals surface area contributed by atoms with Crippen molar-refractivity contribution >= 4 is 0 Å². The van der Waals surface area contributed by atoms with Crippen LogP contribution >= 0.6 is 0 Å². The van der Waals surface area contributed by atoms with Crippen molar-refractivity contribution in [1.82, 2.24) is 4.90 Å². The number of aliphatic hydroxyl groups is 2. The monoisotopic (exact) mass is 427 g/mol. The third kappa shape index (κ3) is 7.20. The van der Waals surface area contributed by atoms with Gasteiger partial charge in [0.2, 0.25) is 0 Å². The summed E-state index contributed by atoms with van der Waals surface area (Å²) in [5, 5.41) is 20.8. The Balaban J connectivity index is 1.39. The molecule has 0 radical (unpaired) electrons. The van der Waals surface area contributed by atoms with Crippen molar-refractivity contribution in [3.63, 3.8) is 0 Å². The minimum absolute atomic E-state index is 0.132. The summed E-state index contributed by atoms with van der Waals surface area (Å²) in [6, 6.07) is 9.55. The molecule has 2 N–H and O–H groups in total. The van der Waals surface area contributed by atoms with Gasteiger partial charge in [0.1, 0.15) is 18.5 Å². The first-order valence-electron chi connectivity index (χ1n) is 12.2. The summed E-state index contributed by atoms with van der Waals surface area (Å²) in [5.74, 6) is 1.87. The van der Waals surface area contributed by atoms with E-state index in [2.05, 4.69) is 24.8 Å². The Hall–Kier alpha value is -1.62. The Morgan fingerprint density at radius 3 is 2.65 bits per heavy atom. The van der Waals surface area contributed by atoms with Gasteiger partial charge in [-0.3, -0.25) is 0 Å². The van der Waals surface area contributed by atoms with Crippen molar-refractivity contribution in [3.05, 3.63) is 54.1 Å². The first kappa shape index (κ1) is 24.0. The van der Waals surface area contributed by atoms with Crippen LogP contribution in [0.4, 0.5) is 0 Å². The Bertz CT molecular complexity index is 698. The van der Waals surface area contributed by atoms with E-state index >= 15 is 0 Å². The number of nitrogens with zero attached hydrogens (tertiary/aromatic N) is 1. The van der Waals surface area contributed by atoms with Crippen molar-refractivity contribution in [1.29, 1.82) is 0 Å². The number of benzene rings is 1. The zero-order valence-corrected chi connectivity index (χ0v) is 19.3. The number of unbranched alkanes of at least 4 members (excludes halogenated alkanes) is 2. The second kappa shape index (κ2) is 12.4. The molecule has 0 aliphatic heterocycles. The van der Waals surface area contributed by atoms with Gasteiger partial charge in [0.25, 0.3) is 0 Å². The zero-order chi connectivity index (χ0) is 22.1. The van der Waals surface area contributed by atoms with Crippen LogP contribution in [0.2, 0.25) is 0 Å². The highest BCUT2D eigenvalue weighted by atomic mass is 16.5. The molecule has 2 aliphatic carbocycles. The maximum absolute atomic E-state index is 10.5. The Morgan fingerprint density at radius 2 is 1.90 bits per heavy atom. The molecular formula is C27H41NO3. The number of allylic oxidation sites excluding steroid dienone is 2. The van der Waals surface area contributed by atoms with Crippen molar-refractivity contribution in [2.45, 2.75) is 64.6 Å². The number of ether oxygens (including phenoxy) is 1. The average Bonchev–Trinajstić information content (AvgIpc) is 3.30. The minimum Gasteiger partial charge on any atom is -0.491 e. The molecule has 1 saturated carbocycles. The van der Waals surface area contributed by atoms with Crippen LogP contribution in [0.5, 0.6) is 5.75 Å². The Kier molecular flexibility index (Phi) is 9.63. The SMILES string of the molecule is CCN(CC)CCCCCC1=C[C@H]2C[C@@H](O)[C@H](C=C[C@@H](O)COc3ccccc3)[C@H]2C1. The molecule has 5 atom stereocenters. The van der Waals surface area contributed by atoms with E-state index in [4.69, 9.17) is 4.74 Å². The molecule has 0 amide bonds. The van der Waals surface area contributed by atoms with Crippen LogP contribution in [0.25, 0.3) is 0 Å². The van der Waals surface area contributed by atoms with Crippen LogP contribution < -0.4 is 4.74 Å². The van der Waals surface area contributed by atoms with E-state index in [9.17, 15) is 10.2 Å². The molecule has 1 aromatic rings. The van der Waals surface area contributed by atoms with Crippen molar-refractivity contribution in [2.24, 2.45) is 17.8 Å². The highest BCUT2D eigenvalue weighted by Gasteiger charge is 2.43. The van der Waals surface area contributed by atoms with Crippen molar-refractivity contribution < 1.29 is 14.9 Å². The lowest BCUT2D eigenvalue weighted by molar-refractivity contribution is 0.133. The predicted octanol–water partition coefficient (Wildman–Crippen LogP) is 4.83. The number of fused-ring (bicyclic) bond motifs is 1. The zero-order valence-electron chi connectivity index (χ0n) is 19.3. The van der Waals surface area contributed by atoms with Gasteiger partial charge in [-0.05, 0) is 75.7 Å². The molecule has 4 nitrogen and oxygen atoms in total. The number of aliphatic hydroxyl groups excluding tert-OH is 2. The van der Waals surface area contributed by atoms with E-state index in [1.807, 2.05) is 42.5 Å². The van der Waals surface area contributed by atoms with Crippen LogP contribution in [-0.2, 0) is 0 Å². The maximum atomic E-state index is 10.5. The molecule has 0 bridgehead atoms. The number of hydrogen-bond donors (Lipinski definition) is 2. The van der Waals surface area contributed by atoms with E-state index in [0.717, 1.165) is 31.7 Å². The molecule has 172 valence electrons. The molecule has 2 aliphatic rings. The molecule has 3 rings (SSSR count).